The molecule has 0 fully saturated rings. The van der Waals surface area contributed by atoms with Crippen molar-refractivity contribution in [2.75, 3.05) is 0 Å². The third kappa shape index (κ3) is 12.1. The summed E-state index contributed by atoms with van der Waals surface area (Å²) in [6, 6.07) is 0. The van der Waals surface area contributed by atoms with Crippen molar-refractivity contribution in [1.82, 2.24) is 0 Å². The molecule has 11 heteroatoms. The molecule has 0 bridgehead atoms. The molecule has 70 valence electrons. The van der Waals surface area contributed by atoms with E-state index in [1.54, 1.807) is 0 Å². The topological polar surface area (TPSA) is 129 Å². The molecular formula is C4H6Na3O7S+3. The Balaban J connectivity index is -0.000000202. The summed E-state index contributed by atoms with van der Waals surface area (Å²) in [6.07, 6.45) is -1.16. The molecule has 0 spiro atoms. The average molecular weight is 267 g/mol. The Hall–Kier alpha value is 1.85. The minimum Gasteiger partial charge on any atom is -0.481 e. The van der Waals surface area contributed by atoms with Gasteiger partial charge in [0.15, 0.2) is 5.25 Å². The van der Waals surface area contributed by atoms with Crippen LogP contribution in [0.3, 0.4) is 0 Å². The first-order valence-electron chi connectivity index (χ1n) is 2.66. The van der Waals surface area contributed by atoms with Gasteiger partial charge in [0.1, 0.15) is 0 Å². The fraction of sp³-hybridized carbons (Fsp3) is 0.500. The quantitative estimate of drug-likeness (QED) is 0.340. The molecule has 15 heavy (non-hydrogen) atoms. The molecule has 0 amide bonds. The Morgan fingerprint density at radius 3 is 1.47 bits per heavy atom. The summed E-state index contributed by atoms with van der Waals surface area (Å²) in [4.78, 5) is 20.0. The van der Waals surface area contributed by atoms with E-state index in [-0.39, 0.29) is 88.7 Å². The van der Waals surface area contributed by atoms with E-state index in [9.17, 15) is 18.0 Å². The fourth-order valence-corrected chi connectivity index (χ4v) is 1.09. The van der Waals surface area contributed by atoms with Crippen molar-refractivity contribution in [3.8, 4) is 0 Å². The van der Waals surface area contributed by atoms with E-state index in [1.165, 1.54) is 0 Å². The van der Waals surface area contributed by atoms with Crippen molar-refractivity contribution >= 4 is 22.1 Å². The van der Waals surface area contributed by atoms with Gasteiger partial charge in [-0.3, -0.25) is 14.1 Å². The van der Waals surface area contributed by atoms with Gasteiger partial charge < -0.3 is 10.2 Å². The molecule has 0 aliphatic rings. The summed E-state index contributed by atoms with van der Waals surface area (Å²) in [5, 5.41) is 13.9. The number of hydrogen-bond donors (Lipinski definition) is 3. The van der Waals surface area contributed by atoms with Gasteiger partial charge in [-0.1, -0.05) is 0 Å². The van der Waals surface area contributed by atoms with E-state index in [1.807, 2.05) is 0 Å². The van der Waals surface area contributed by atoms with Gasteiger partial charge in [0.05, 0.1) is 6.42 Å². The third-order valence-corrected chi connectivity index (χ3v) is 2.08. The normalized spacial score (nSPS) is 11.0. The van der Waals surface area contributed by atoms with Gasteiger partial charge in [-0.25, -0.2) is 0 Å². The van der Waals surface area contributed by atoms with Crippen LogP contribution in [0.1, 0.15) is 6.42 Å². The Morgan fingerprint density at radius 1 is 1.07 bits per heavy atom. The van der Waals surface area contributed by atoms with Gasteiger partial charge >= 0.3 is 101 Å². The van der Waals surface area contributed by atoms with Gasteiger partial charge in [0.25, 0.3) is 10.1 Å². The smallest absolute Gasteiger partial charge is 0.481 e. The average Bonchev–Trinajstić information content (AvgIpc) is 1.79. The predicted molar refractivity (Wildman–Crippen MR) is 35.2 cm³/mol. The van der Waals surface area contributed by atoms with Crippen molar-refractivity contribution in [3.63, 3.8) is 0 Å². The first kappa shape index (κ1) is 25.6. The first-order chi connectivity index (χ1) is 5.25. The Bertz CT molecular complexity index is 299. The van der Waals surface area contributed by atoms with E-state index in [4.69, 9.17) is 14.8 Å². The number of hydrogen-bond acceptors (Lipinski definition) is 4. The number of rotatable bonds is 4. The maximum atomic E-state index is 10.2. The van der Waals surface area contributed by atoms with Gasteiger partial charge in [-0.2, -0.15) is 8.42 Å². The minimum absolute atomic E-state index is 0. The zero-order valence-corrected chi connectivity index (χ0v) is 15.5. The molecule has 0 rings (SSSR count). The molecule has 0 aliphatic carbocycles. The van der Waals surface area contributed by atoms with Gasteiger partial charge in [0, 0.05) is 0 Å². The van der Waals surface area contributed by atoms with Crippen molar-refractivity contribution in [2.24, 2.45) is 0 Å². The minimum atomic E-state index is -4.84. The molecular weight excluding hydrogens is 261 g/mol. The summed E-state index contributed by atoms with van der Waals surface area (Å²) in [5.41, 5.74) is 0. The molecule has 0 aromatic rings. The molecule has 0 radical (unpaired) electrons. The molecule has 1 atom stereocenters. The monoisotopic (exact) mass is 267 g/mol. The number of carboxylic acids is 2. The molecule has 0 heterocycles. The van der Waals surface area contributed by atoms with Crippen molar-refractivity contribution < 1.29 is 121 Å². The molecule has 0 aliphatic heterocycles. The Kier molecular flexibility index (Phi) is 18.7. The molecule has 0 aromatic heterocycles. The Labute approximate surface area is 153 Å². The predicted octanol–water partition coefficient (Wildman–Crippen LogP) is -10.2. The summed E-state index contributed by atoms with van der Waals surface area (Å²) >= 11 is 0. The molecule has 3 N–H and O–H groups in total. The zero-order valence-electron chi connectivity index (χ0n) is 8.67. The van der Waals surface area contributed by atoms with Crippen LogP contribution in [0.5, 0.6) is 0 Å². The van der Waals surface area contributed by atoms with Gasteiger partial charge in [-0.15, -0.1) is 0 Å². The molecule has 1 unspecified atom stereocenters. The van der Waals surface area contributed by atoms with E-state index >= 15 is 0 Å². The van der Waals surface area contributed by atoms with E-state index in [0.29, 0.717) is 0 Å². The zero-order chi connectivity index (χ0) is 9.94. The van der Waals surface area contributed by atoms with E-state index in [2.05, 4.69) is 0 Å². The SMILES string of the molecule is O=C(O)CC(C(=O)O)S(=O)(=O)O.[Na+].[Na+].[Na+]. The largest absolute Gasteiger partial charge is 1.00 e. The van der Waals surface area contributed by atoms with Gasteiger partial charge in [-0.05, 0) is 0 Å². The van der Waals surface area contributed by atoms with Crippen LogP contribution in [0.4, 0.5) is 0 Å². The van der Waals surface area contributed by atoms with Gasteiger partial charge in [0.2, 0.25) is 0 Å². The van der Waals surface area contributed by atoms with E-state index < -0.39 is 33.7 Å². The van der Waals surface area contributed by atoms with Crippen LogP contribution in [0.25, 0.3) is 0 Å². The Morgan fingerprint density at radius 2 is 1.40 bits per heavy atom. The van der Waals surface area contributed by atoms with Crippen LogP contribution in [-0.4, -0.2) is 40.4 Å². The fourth-order valence-electron chi connectivity index (χ4n) is 0.479. The number of carbonyl (C=O) groups is 2. The van der Waals surface area contributed by atoms with Crippen LogP contribution in [0.2, 0.25) is 0 Å². The van der Waals surface area contributed by atoms with Crippen LogP contribution >= 0.6 is 0 Å². The van der Waals surface area contributed by atoms with Crippen LogP contribution in [-0.2, 0) is 19.7 Å². The second-order valence-electron chi connectivity index (χ2n) is 1.94. The van der Waals surface area contributed by atoms with Crippen molar-refractivity contribution in [2.45, 2.75) is 11.7 Å². The summed E-state index contributed by atoms with van der Waals surface area (Å²) in [5.74, 6) is -3.50. The third-order valence-electron chi connectivity index (χ3n) is 0.995. The maximum absolute atomic E-state index is 10.2. The van der Waals surface area contributed by atoms with Crippen LogP contribution < -0.4 is 88.7 Å². The van der Waals surface area contributed by atoms with Crippen LogP contribution in [0.15, 0.2) is 0 Å². The first-order valence-corrected chi connectivity index (χ1v) is 4.16. The molecule has 7 nitrogen and oxygen atoms in total. The summed E-state index contributed by atoms with van der Waals surface area (Å²) < 4.78 is 28.7. The second-order valence-corrected chi connectivity index (χ2v) is 3.54. The van der Waals surface area contributed by atoms with Crippen molar-refractivity contribution in [1.29, 1.82) is 0 Å². The molecule has 0 saturated carbocycles. The van der Waals surface area contributed by atoms with Crippen LogP contribution in [0, 0.1) is 0 Å². The molecule has 0 aromatic carbocycles. The maximum Gasteiger partial charge on any atom is 1.00 e. The number of carboxylic acid groups (broad SMARTS) is 2. The number of aliphatic carboxylic acids is 2. The van der Waals surface area contributed by atoms with Crippen molar-refractivity contribution in [3.05, 3.63) is 0 Å². The van der Waals surface area contributed by atoms with E-state index in [0.717, 1.165) is 0 Å². The summed E-state index contributed by atoms with van der Waals surface area (Å²) in [7, 11) is -4.84. The molecule has 0 saturated heterocycles. The standard InChI is InChI=1S/C4H6O7S.3Na/c5-3(6)1-2(4(7)8)12(9,10)11;;;/h2H,1H2,(H,5,6)(H,7,8)(H,9,10,11);;;/q;3*+1. The second kappa shape index (κ2) is 11.0. The summed E-state index contributed by atoms with van der Waals surface area (Å²) in [6.45, 7) is 0.